The van der Waals surface area contributed by atoms with Crippen LogP contribution in [0, 0.1) is 5.92 Å². The zero-order valence-corrected chi connectivity index (χ0v) is 11.7. The van der Waals surface area contributed by atoms with Gasteiger partial charge in [-0.25, -0.2) is 4.98 Å². The van der Waals surface area contributed by atoms with Gasteiger partial charge in [0.15, 0.2) is 0 Å². The summed E-state index contributed by atoms with van der Waals surface area (Å²) < 4.78 is 0.840. The van der Waals surface area contributed by atoms with Crippen LogP contribution < -0.4 is 5.32 Å². The quantitative estimate of drug-likeness (QED) is 0.877. The van der Waals surface area contributed by atoms with Gasteiger partial charge in [0, 0.05) is 10.7 Å². The predicted octanol–water partition coefficient (Wildman–Crippen LogP) is 3.32. The van der Waals surface area contributed by atoms with Crippen LogP contribution in [0.25, 0.3) is 0 Å². The van der Waals surface area contributed by atoms with Crippen molar-refractivity contribution >= 4 is 33.3 Å². The van der Waals surface area contributed by atoms with E-state index in [9.17, 15) is 5.11 Å². The Bertz CT molecular complexity index is 347. The van der Waals surface area contributed by atoms with Gasteiger partial charge in [-0.2, -0.15) is 0 Å². The summed E-state index contributed by atoms with van der Waals surface area (Å²) >= 11 is 9.33. The molecule has 1 unspecified atom stereocenters. The van der Waals surface area contributed by atoms with Crippen LogP contribution in [0.5, 0.6) is 0 Å². The molecule has 0 spiro atoms. The Balaban J connectivity index is 2.70. The van der Waals surface area contributed by atoms with Crippen molar-refractivity contribution in [3.05, 3.63) is 21.8 Å². The van der Waals surface area contributed by atoms with Crippen molar-refractivity contribution in [2.45, 2.75) is 26.3 Å². The number of hydrogen-bond acceptors (Lipinski definition) is 3. The second-order valence-corrected chi connectivity index (χ2v) is 5.46. The molecule has 16 heavy (non-hydrogen) atoms. The molecule has 1 heterocycles. The molecule has 0 aromatic carbocycles. The van der Waals surface area contributed by atoms with Gasteiger partial charge in [0.1, 0.15) is 5.82 Å². The molecule has 0 saturated heterocycles. The summed E-state index contributed by atoms with van der Waals surface area (Å²) in [6, 6.07) is 1.77. The zero-order valence-electron chi connectivity index (χ0n) is 9.37. The number of nitrogens with zero attached hydrogens (tertiary/aromatic N) is 1. The molecule has 0 bridgehead atoms. The summed E-state index contributed by atoms with van der Waals surface area (Å²) in [5.41, 5.74) is 0. The van der Waals surface area contributed by atoms with Gasteiger partial charge in [-0.3, -0.25) is 0 Å². The number of rotatable bonds is 5. The first-order chi connectivity index (χ1) is 7.52. The van der Waals surface area contributed by atoms with Crippen LogP contribution in [0.15, 0.2) is 16.7 Å². The Morgan fingerprint density at radius 2 is 2.25 bits per heavy atom. The molecule has 1 aromatic heterocycles. The molecule has 3 nitrogen and oxygen atoms in total. The second-order valence-electron chi connectivity index (χ2n) is 4.14. The highest BCUT2D eigenvalue weighted by Crippen LogP contribution is 2.24. The smallest absolute Gasteiger partial charge is 0.145 e. The van der Waals surface area contributed by atoms with E-state index >= 15 is 0 Å². The van der Waals surface area contributed by atoms with Gasteiger partial charge in [-0.1, -0.05) is 25.4 Å². The topological polar surface area (TPSA) is 45.1 Å². The molecule has 0 aliphatic heterocycles. The maximum absolute atomic E-state index is 9.24. The van der Waals surface area contributed by atoms with E-state index in [1.807, 2.05) is 0 Å². The number of pyridine rings is 1. The molecule has 0 fully saturated rings. The van der Waals surface area contributed by atoms with E-state index in [-0.39, 0.29) is 12.6 Å². The molecule has 0 aliphatic rings. The lowest BCUT2D eigenvalue weighted by atomic mass is 10.0. The highest BCUT2D eigenvalue weighted by Gasteiger charge is 2.12. The lowest BCUT2D eigenvalue weighted by molar-refractivity contribution is 0.259. The average molecular weight is 308 g/mol. The van der Waals surface area contributed by atoms with E-state index in [2.05, 4.69) is 40.1 Å². The molecule has 5 heteroatoms. The van der Waals surface area contributed by atoms with Crippen LogP contribution in [-0.2, 0) is 0 Å². The first-order valence-corrected chi connectivity index (χ1v) is 6.38. The van der Waals surface area contributed by atoms with Crippen molar-refractivity contribution in [2.24, 2.45) is 5.92 Å². The summed E-state index contributed by atoms with van der Waals surface area (Å²) in [7, 11) is 0. The standard InChI is InChI=1S/C11H16BrClN2O/c1-7(2)3-9(6-16)15-11-10(13)4-8(12)5-14-11/h4-5,7,9,16H,3,6H2,1-2H3,(H,14,15). The maximum atomic E-state index is 9.24. The highest BCUT2D eigenvalue weighted by atomic mass is 79.9. The van der Waals surface area contributed by atoms with Gasteiger partial charge in [-0.05, 0) is 34.3 Å². The number of nitrogens with one attached hydrogen (secondary N) is 1. The van der Waals surface area contributed by atoms with Crippen LogP contribution in [-0.4, -0.2) is 22.7 Å². The molecule has 1 atom stereocenters. The number of aromatic nitrogens is 1. The molecule has 0 radical (unpaired) electrons. The minimum Gasteiger partial charge on any atom is -0.394 e. The fourth-order valence-corrected chi connectivity index (χ4v) is 2.15. The van der Waals surface area contributed by atoms with Crippen molar-refractivity contribution < 1.29 is 5.11 Å². The number of aliphatic hydroxyl groups excluding tert-OH is 1. The molecule has 0 saturated carbocycles. The Hall–Kier alpha value is -0.320. The van der Waals surface area contributed by atoms with Gasteiger partial charge in [0.25, 0.3) is 0 Å². The fourth-order valence-electron chi connectivity index (χ4n) is 1.46. The second kappa shape index (κ2) is 6.42. The van der Waals surface area contributed by atoms with E-state index in [1.54, 1.807) is 12.3 Å². The first-order valence-electron chi connectivity index (χ1n) is 5.21. The van der Waals surface area contributed by atoms with E-state index in [0.29, 0.717) is 16.8 Å². The lowest BCUT2D eigenvalue weighted by Crippen LogP contribution is -2.26. The van der Waals surface area contributed by atoms with E-state index in [1.165, 1.54) is 0 Å². The molecule has 1 aromatic rings. The Kier molecular flexibility index (Phi) is 5.52. The van der Waals surface area contributed by atoms with Crippen molar-refractivity contribution in [3.63, 3.8) is 0 Å². The Labute approximate surface area is 109 Å². The van der Waals surface area contributed by atoms with Crippen LogP contribution in [0.4, 0.5) is 5.82 Å². The number of anilines is 1. The molecule has 1 rings (SSSR count). The lowest BCUT2D eigenvalue weighted by Gasteiger charge is -2.19. The highest BCUT2D eigenvalue weighted by molar-refractivity contribution is 9.10. The Morgan fingerprint density at radius 1 is 1.56 bits per heavy atom. The van der Waals surface area contributed by atoms with Crippen LogP contribution in [0.1, 0.15) is 20.3 Å². The van der Waals surface area contributed by atoms with Crippen molar-refractivity contribution in [3.8, 4) is 0 Å². The summed E-state index contributed by atoms with van der Waals surface area (Å²) in [6.45, 7) is 4.30. The van der Waals surface area contributed by atoms with Crippen molar-refractivity contribution in [2.75, 3.05) is 11.9 Å². The third kappa shape index (κ3) is 4.28. The third-order valence-electron chi connectivity index (χ3n) is 2.12. The minimum absolute atomic E-state index is 0.00817. The monoisotopic (exact) mass is 306 g/mol. The van der Waals surface area contributed by atoms with Gasteiger partial charge in [0.05, 0.1) is 17.7 Å². The van der Waals surface area contributed by atoms with Gasteiger partial charge < -0.3 is 10.4 Å². The largest absolute Gasteiger partial charge is 0.394 e. The van der Waals surface area contributed by atoms with E-state index in [4.69, 9.17) is 11.6 Å². The summed E-state index contributed by atoms with van der Waals surface area (Å²) in [4.78, 5) is 4.17. The molecule has 0 amide bonds. The molecular weight excluding hydrogens is 291 g/mol. The fraction of sp³-hybridized carbons (Fsp3) is 0.545. The molecule has 90 valence electrons. The normalized spacial score (nSPS) is 12.9. The van der Waals surface area contributed by atoms with Crippen LogP contribution >= 0.6 is 27.5 Å². The van der Waals surface area contributed by atoms with Crippen LogP contribution in [0.3, 0.4) is 0 Å². The van der Waals surface area contributed by atoms with Gasteiger partial charge >= 0.3 is 0 Å². The third-order valence-corrected chi connectivity index (χ3v) is 2.85. The molecular formula is C11H16BrClN2O. The predicted molar refractivity (Wildman–Crippen MR) is 70.9 cm³/mol. The van der Waals surface area contributed by atoms with Gasteiger partial charge in [0.2, 0.25) is 0 Å². The van der Waals surface area contributed by atoms with E-state index < -0.39 is 0 Å². The minimum atomic E-state index is -0.00817. The van der Waals surface area contributed by atoms with Crippen molar-refractivity contribution in [1.29, 1.82) is 0 Å². The van der Waals surface area contributed by atoms with Crippen molar-refractivity contribution in [1.82, 2.24) is 4.98 Å². The number of hydrogen-bond donors (Lipinski definition) is 2. The average Bonchev–Trinajstić information content (AvgIpc) is 2.20. The SMILES string of the molecule is CC(C)CC(CO)Nc1ncc(Br)cc1Cl. The number of halogens is 2. The van der Waals surface area contributed by atoms with Crippen LogP contribution in [0.2, 0.25) is 5.02 Å². The Morgan fingerprint density at radius 3 is 2.75 bits per heavy atom. The maximum Gasteiger partial charge on any atom is 0.145 e. The molecule has 2 N–H and O–H groups in total. The molecule has 0 aliphatic carbocycles. The summed E-state index contributed by atoms with van der Waals surface area (Å²) in [5.74, 6) is 1.13. The number of aliphatic hydroxyl groups is 1. The zero-order chi connectivity index (χ0) is 12.1. The first kappa shape index (κ1) is 13.7. The van der Waals surface area contributed by atoms with Gasteiger partial charge in [-0.15, -0.1) is 0 Å². The van der Waals surface area contributed by atoms with E-state index in [0.717, 1.165) is 10.9 Å². The summed E-state index contributed by atoms with van der Waals surface area (Å²) in [6.07, 6.45) is 2.56. The summed E-state index contributed by atoms with van der Waals surface area (Å²) in [5, 5.41) is 12.9.